The van der Waals surface area contributed by atoms with Crippen LogP contribution in [0.5, 0.6) is 0 Å². The first-order valence-electron chi connectivity index (χ1n) is 8.64. The van der Waals surface area contributed by atoms with Gasteiger partial charge < -0.3 is 10.2 Å². The van der Waals surface area contributed by atoms with E-state index < -0.39 is 0 Å². The van der Waals surface area contributed by atoms with E-state index in [1.165, 1.54) is 22.4 Å². The molecule has 3 aromatic rings. The highest BCUT2D eigenvalue weighted by Crippen LogP contribution is 2.31. The highest BCUT2D eigenvalue weighted by atomic mass is 15.3. The van der Waals surface area contributed by atoms with Crippen LogP contribution in [0.15, 0.2) is 54.7 Å². The van der Waals surface area contributed by atoms with Gasteiger partial charge in [-0.3, -0.25) is 0 Å². The molecule has 2 heterocycles. The molecule has 0 bridgehead atoms. The highest BCUT2D eigenvalue weighted by Gasteiger charge is 2.19. The van der Waals surface area contributed by atoms with Gasteiger partial charge in [-0.2, -0.15) is 10.1 Å². The van der Waals surface area contributed by atoms with Crippen molar-refractivity contribution < 1.29 is 0 Å². The molecule has 0 radical (unpaired) electrons. The zero-order chi connectivity index (χ0) is 17.1. The lowest BCUT2D eigenvalue weighted by molar-refractivity contribution is 0.754. The van der Waals surface area contributed by atoms with Crippen LogP contribution in [-0.4, -0.2) is 21.7 Å². The molecule has 1 N–H and O–H groups in total. The van der Waals surface area contributed by atoms with Crippen molar-refractivity contribution in [2.24, 2.45) is 0 Å². The maximum atomic E-state index is 4.67. The summed E-state index contributed by atoms with van der Waals surface area (Å²) < 4.78 is 0. The molecule has 126 valence electrons. The number of aromatic nitrogens is 3. The van der Waals surface area contributed by atoms with Gasteiger partial charge in [0.1, 0.15) is 0 Å². The Bertz CT molecular complexity index is 877. The van der Waals surface area contributed by atoms with E-state index >= 15 is 0 Å². The predicted molar refractivity (Wildman–Crippen MR) is 100 cm³/mol. The minimum Gasteiger partial charge on any atom is -0.349 e. The van der Waals surface area contributed by atoms with Crippen LogP contribution in [0.4, 0.5) is 17.5 Å². The third kappa shape index (κ3) is 3.45. The summed E-state index contributed by atoms with van der Waals surface area (Å²) >= 11 is 0. The fraction of sp³-hybridized carbons (Fsp3) is 0.250. The van der Waals surface area contributed by atoms with E-state index in [9.17, 15) is 0 Å². The smallest absolute Gasteiger partial charge is 0.244 e. The van der Waals surface area contributed by atoms with Gasteiger partial charge in [0, 0.05) is 18.8 Å². The Morgan fingerprint density at radius 2 is 2.04 bits per heavy atom. The van der Waals surface area contributed by atoms with E-state index in [1.54, 1.807) is 6.20 Å². The molecule has 1 aliphatic rings. The summed E-state index contributed by atoms with van der Waals surface area (Å²) in [6, 6.07) is 16.9. The van der Waals surface area contributed by atoms with Gasteiger partial charge in [-0.1, -0.05) is 48.0 Å². The summed E-state index contributed by atoms with van der Waals surface area (Å²) in [6.07, 6.45) is 3.97. The Morgan fingerprint density at radius 3 is 2.96 bits per heavy atom. The number of rotatable bonds is 4. The number of fused-ring (bicyclic) bond motifs is 1. The van der Waals surface area contributed by atoms with Gasteiger partial charge in [0.2, 0.25) is 5.95 Å². The van der Waals surface area contributed by atoms with Crippen molar-refractivity contribution in [1.29, 1.82) is 0 Å². The zero-order valence-corrected chi connectivity index (χ0v) is 14.3. The number of hydrogen-bond donors (Lipinski definition) is 1. The van der Waals surface area contributed by atoms with Gasteiger partial charge in [-0.05, 0) is 37.0 Å². The summed E-state index contributed by atoms with van der Waals surface area (Å²) in [4.78, 5) is 6.90. The average molecular weight is 331 g/mol. The van der Waals surface area contributed by atoms with E-state index in [4.69, 9.17) is 0 Å². The third-order valence-electron chi connectivity index (χ3n) is 4.47. The van der Waals surface area contributed by atoms with Crippen molar-refractivity contribution in [3.63, 3.8) is 0 Å². The van der Waals surface area contributed by atoms with E-state index in [2.05, 4.69) is 80.9 Å². The minimum atomic E-state index is 0.557. The Balaban J connectivity index is 1.54. The minimum absolute atomic E-state index is 0.557. The standard InChI is InChI=1S/C20H21N5/c1-15-6-4-7-16(12-15)13-21-20-23-19(14-22-24-20)25-11-5-9-17-8-2-3-10-18(17)25/h2-4,6-8,10,12,14H,5,9,11,13H2,1H3,(H,21,23,24). The molecule has 0 atom stereocenters. The number of nitrogens with one attached hydrogen (secondary N) is 1. The molecule has 1 aliphatic heterocycles. The molecule has 0 unspecified atom stereocenters. The Labute approximate surface area is 147 Å². The molecule has 25 heavy (non-hydrogen) atoms. The number of anilines is 3. The second-order valence-electron chi connectivity index (χ2n) is 6.36. The Morgan fingerprint density at radius 1 is 1.12 bits per heavy atom. The molecular weight excluding hydrogens is 310 g/mol. The van der Waals surface area contributed by atoms with Crippen molar-refractivity contribution in [1.82, 2.24) is 15.2 Å². The second kappa shape index (κ2) is 6.89. The molecule has 0 aliphatic carbocycles. The van der Waals surface area contributed by atoms with Crippen molar-refractivity contribution >= 4 is 17.5 Å². The molecule has 2 aromatic carbocycles. The normalized spacial score (nSPS) is 13.4. The topological polar surface area (TPSA) is 53.9 Å². The van der Waals surface area contributed by atoms with E-state index in [1.807, 2.05) is 0 Å². The van der Waals surface area contributed by atoms with E-state index in [0.29, 0.717) is 12.5 Å². The number of aryl methyl sites for hydroxylation is 2. The number of nitrogens with zero attached hydrogens (tertiary/aromatic N) is 4. The maximum absolute atomic E-state index is 4.67. The van der Waals surface area contributed by atoms with Gasteiger partial charge in [0.05, 0.1) is 6.20 Å². The van der Waals surface area contributed by atoms with Crippen molar-refractivity contribution in [2.75, 3.05) is 16.8 Å². The molecule has 5 nitrogen and oxygen atoms in total. The lowest BCUT2D eigenvalue weighted by Gasteiger charge is -2.30. The lowest BCUT2D eigenvalue weighted by Crippen LogP contribution is -2.25. The molecule has 0 amide bonds. The number of hydrogen-bond acceptors (Lipinski definition) is 5. The van der Waals surface area contributed by atoms with Gasteiger partial charge in [-0.15, -0.1) is 5.10 Å². The van der Waals surface area contributed by atoms with Crippen LogP contribution in [0.1, 0.15) is 23.1 Å². The summed E-state index contributed by atoms with van der Waals surface area (Å²) in [6.45, 7) is 3.73. The quantitative estimate of drug-likeness (QED) is 0.786. The predicted octanol–water partition coefficient (Wildman–Crippen LogP) is 3.88. The monoisotopic (exact) mass is 331 g/mol. The summed E-state index contributed by atoms with van der Waals surface area (Å²) in [7, 11) is 0. The largest absolute Gasteiger partial charge is 0.349 e. The molecule has 0 saturated carbocycles. The maximum Gasteiger partial charge on any atom is 0.244 e. The molecule has 5 heteroatoms. The fourth-order valence-corrected chi connectivity index (χ4v) is 3.27. The third-order valence-corrected chi connectivity index (χ3v) is 4.47. The molecule has 0 fully saturated rings. The van der Waals surface area contributed by atoms with Crippen LogP contribution < -0.4 is 10.2 Å². The zero-order valence-electron chi connectivity index (χ0n) is 14.3. The van der Waals surface area contributed by atoms with Gasteiger partial charge >= 0.3 is 0 Å². The van der Waals surface area contributed by atoms with Crippen molar-refractivity contribution in [2.45, 2.75) is 26.3 Å². The first-order chi connectivity index (χ1) is 12.3. The van der Waals surface area contributed by atoms with Crippen LogP contribution in [-0.2, 0) is 13.0 Å². The van der Waals surface area contributed by atoms with Crippen LogP contribution in [0.25, 0.3) is 0 Å². The van der Waals surface area contributed by atoms with E-state index in [-0.39, 0.29) is 0 Å². The van der Waals surface area contributed by atoms with Gasteiger partial charge in [-0.25, -0.2) is 0 Å². The van der Waals surface area contributed by atoms with Crippen molar-refractivity contribution in [3.8, 4) is 0 Å². The second-order valence-corrected chi connectivity index (χ2v) is 6.36. The average Bonchev–Trinajstić information content (AvgIpc) is 2.66. The molecule has 0 saturated heterocycles. The molecular formula is C20H21N5. The van der Waals surface area contributed by atoms with Crippen LogP contribution in [0.2, 0.25) is 0 Å². The summed E-state index contributed by atoms with van der Waals surface area (Å²) in [5.41, 5.74) is 5.04. The lowest BCUT2D eigenvalue weighted by atomic mass is 10.0. The van der Waals surface area contributed by atoms with Crippen LogP contribution in [0.3, 0.4) is 0 Å². The highest BCUT2D eigenvalue weighted by molar-refractivity contribution is 5.65. The van der Waals surface area contributed by atoms with Gasteiger partial charge in [0.15, 0.2) is 5.82 Å². The van der Waals surface area contributed by atoms with Gasteiger partial charge in [0.25, 0.3) is 0 Å². The number of para-hydroxylation sites is 1. The number of benzene rings is 2. The first kappa shape index (κ1) is 15.6. The first-order valence-corrected chi connectivity index (χ1v) is 8.64. The SMILES string of the molecule is Cc1cccc(CNc2nncc(N3CCCc4ccccc43)n2)c1. The Kier molecular flexibility index (Phi) is 4.29. The van der Waals surface area contributed by atoms with E-state index in [0.717, 1.165) is 25.2 Å². The Hall–Kier alpha value is -2.95. The van der Waals surface area contributed by atoms with Crippen LogP contribution in [0, 0.1) is 6.92 Å². The molecule has 1 aromatic heterocycles. The summed E-state index contributed by atoms with van der Waals surface area (Å²) in [5.74, 6) is 1.40. The van der Waals surface area contributed by atoms with Crippen molar-refractivity contribution in [3.05, 3.63) is 71.4 Å². The summed E-state index contributed by atoms with van der Waals surface area (Å²) in [5, 5.41) is 11.6. The molecule has 4 rings (SSSR count). The van der Waals surface area contributed by atoms with Crippen LogP contribution >= 0.6 is 0 Å². The fourth-order valence-electron chi connectivity index (χ4n) is 3.27. The molecule has 0 spiro atoms.